The molecule has 1 N–H and O–H groups in total. The number of likely N-dealkylation sites (N-methyl/N-ethyl adjacent to an activating group) is 1. The lowest BCUT2D eigenvalue weighted by molar-refractivity contribution is 0.189. The Morgan fingerprint density at radius 3 is 2.83 bits per heavy atom. The van der Waals surface area contributed by atoms with E-state index in [2.05, 4.69) is 55.3 Å². The second-order valence-corrected chi connectivity index (χ2v) is 5.30. The molecule has 0 saturated heterocycles. The zero-order valence-corrected chi connectivity index (χ0v) is 11.9. The lowest BCUT2D eigenvalue weighted by Crippen LogP contribution is -2.42. The van der Waals surface area contributed by atoms with Gasteiger partial charge in [0.05, 0.1) is 0 Å². The van der Waals surface area contributed by atoms with Crippen molar-refractivity contribution in [1.82, 2.24) is 10.2 Å². The van der Waals surface area contributed by atoms with Crippen LogP contribution in [-0.4, -0.2) is 30.6 Å². The Morgan fingerprint density at radius 1 is 1.33 bits per heavy atom. The third-order valence-electron chi connectivity index (χ3n) is 4.25. The molecule has 2 heteroatoms. The number of benzene rings is 1. The van der Waals surface area contributed by atoms with Crippen molar-refractivity contribution in [3.05, 3.63) is 35.4 Å². The minimum atomic E-state index is 0.504. The molecular formula is C16H26N2. The molecule has 18 heavy (non-hydrogen) atoms. The molecule has 2 unspecified atom stereocenters. The summed E-state index contributed by atoms with van der Waals surface area (Å²) in [5, 5.41) is 3.68. The van der Waals surface area contributed by atoms with Gasteiger partial charge in [0, 0.05) is 18.6 Å². The molecule has 0 radical (unpaired) electrons. The SMILES string of the molecule is CCC(C)N(CC)CC1NCCc2ccccc21. The number of rotatable bonds is 5. The first kappa shape index (κ1) is 13.6. The summed E-state index contributed by atoms with van der Waals surface area (Å²) in [6.45, 7) is 10.2. The van der Waals surface area contributed by atoms with Gasteiger partial charge in [0.2, 0.25) is 0 Å². The number of hydrogen-bond acceptors (Lipinski definition) is 2. The molecule has 0 aromatic heterocycles. The van der Waals surface area contributed by atoms with Crippen molar-refractivity contribution < 1.29 is 0 Å². The second-order valence-electron chi connectivity index (χ2n) is 5.30. The highest BCUT2D eigenvalue weighted by Gasteiger charge is 2.22. The highest BCUT2D eigenvalue weighted by molar-refractivity contribution is 5.32. The molecule has 1 aromatic rings. The fourth-order valence-corrected chi connectivity index (χ4v) is 2.87. The highest BCUT2D eigenvalue weighted by Crippen LogP contribution is 2.24. The summed E-state index contributed by atoms with van der Waals surface area (Å²) in [5.74, 6) is 0. The summed E-state index contributed by atoms with van der Waals surface area (Å²) < 4.78 is 0. The van der Waals surface area contributed by atoms with E-state index in [-0.39, 0.29) is 0 Å². The molecule has 0 saturated carbocycles. The van der Waals surface area contributed by atoms with E-state index < -0.39 is 0 Å². The summed E-state index contributed by atoms with van der Waals surface area (Å²) in [7, 11) is 0. The molecule has 1 aliphatic rings. The van der Waals surface area contributed by atoms with Crippen LogP contribution in [0.5, 0.6) is 0 Å². The van der Waals surface area contributed by atoms with Crippen LogP contribution in [0.2, 0.25) is 0 Å². The normalized spacial score (nSPS) is 20.8. The van der Waals surface area contributed by atoms with Gasteiger partial charge in [-0.2, -0.15) is 0 Å². The van der Waals surface area contributed by atoms with E-state index in [1.165, 1.54) is 24.0 Å². The molecule has 2 rings (SSSR count). The van der Waals surface area contributed by atoms with Crippen molar-refractivity contribution in [2.75, 3.05) is 19.6 Å². The van der Waals surface area contributed by atoms with Gasteiger partial charge in [-0.05, 0) is 44.0 Å². The number of hydrogen-bond donors (Lipinski definition) is 1. The Bertz CT molecular complexity index is 375. The van der Waals surface area contributed by atoms with Crippen LogP contribution < -0.4 is 5.32 Å². The van der Waals surface area contributed by atoms with Crippen molar-refractivity contribution in [1.29, 1.82) is 0 Å². The van der Waals surface area contributed by atoms with E-state index in [9.17, 15) is 0 Å². The first-order valence-corrected chi connectivity index (χ1v) is 7.31. The van der Waals surface area contributed by atoms with Gasteiger partial charge in [0.15, 0.2) is 0 Å². The summed E-state index contributed by atoms with van der Waals surface area (Å²) >= 11 is 0. The first-order chi connectivity index (χ1) is 8.76. The quantitative estimate of drug-likeness (QED) is 0.859. The van der Waals surface area contributed by atoms with E-state index in [0.29, 0.717) is 12.1 Å². The van der Waals surface area contributed by atoms with Gasteiger partial charge in [-0.3, -0.25) is 4.90 Å². The van der Waals surface area contributed by atoms with Crippen LogP contribution in [-0.2, 0) is 6.42 Å². The van der Waals surface area contributed by atoms with Gasteiger partial charge in [0.1, 0.15) is 0 Å². The standard InChI is InChI=1S/C16H26N2/c1-4-13(3)18(5-2)12-16-15-9-7-6-8-14(15)10-11-17-16/h6-9,13,16-17H,4-5,10-12H2,1-3H3. The van der Waals surface area contributed by atoms with Crippen molar-refractivity contribution in [2.45, 2.75) is 45.7 Å². The highest BCUT2D eigenvalue weighted by atomic mass is 15.2. The molecule has 1 aromatic carbocycles. The zero-order chi connectivity index (χ0) is 13.0. The Hall–Kier alpha value is -0.860. The maximum atomic E-state index is 3.68. The monoisotopic (exact) mass is 246 g/mol. The van der Waals surface area contributed by atoms with Crippen LogP contribution in [0.3, 0.4) is 0 Å². The summed E-state index contributed by atoms with van der Waals surface area (Å²) in [6, 6.07) is 10.1. The van der Waals surface area contributed by atoms with Crippen molar-refractivity contribution in [3.63, 3.8) is 0 Å². The molecule has 0 fully saturated rings. The fraction of sp³-hybridized carbons (Fsp3) is 0.625. The van der Waals surface area contributed by atoms with Crippen LogP contribution in [0.1, 0.15) is 44.4 Å². The van der Waals surface area contributed by atoms with Crippen molar-refractivity contribution >= 4 is 0 Å². The van der Waals surface area contributed by atoms with E-state index >= 15 is 0 Å². The molecule has 2 atom stereocenters. The maximum Gasteiger partial charge on any atom is 0.0452 e. The van der Waals surface area contributed by atoms with Crippen LogP contribution in [0.25, 0.3) is 0 Å². The molecule has 1 aliphatic heterocycles. The van der Waals surface area contributed by atoms with Crippen LogP contribution >= 0.6 is 0 Å². The van der Waals surface area contributed by atoms with Crippen LogP contribution in [0.4, 0.5) is 0 Å². The Morgan fingerprint density at radius 2 is 2.11 bits per heavy atom. The van der Waals surface area contributed by atoms with E-state index in [0.717, 1.165) is 19.6 Å². The maximum absolute atomic E-state index is 3.68. The third kappa shape index (κ3) is 2.93. The van der Waals surface area contributed by atoms with Crippen LogP contribution in [0, 0.1) is 0 Å². The van der Waals surface area contributed by atoms with E-state index in [1.54, 1.807) is 0 Å². The molecule has 0 aliphatic carbocycles. The average molecular weight is 246 g/mol. The van der Waals surface area contributed by atoms with Gasteiger partial charge >= 0.3 is 0 Å². The Kier molecular flexibility index (Phi) is 4.79. The van der Waals surface area contributed by atoms with Gasteiger partial charge in [-0.15, -0.1) is 0 Å². The third-order valence-corrected chi connectivity index (χ3v) is 4.25. The minimum Gasteiger partial charge on any atom is -0.309 e. The molecule has 100 valence electrons. The summed E-state index contributed by atoms with van der Waals surface area (Å²) in [4.78, 5) is 2.58. The number of nitrogens with zero attached hydrogens (tertiary/aromatic N) is 1. The second kappa shape index (κ2) is 6.35. The van der Waals surface area contributed by atoms with Gasteiger partial charge in [-0.25, -0.2) is 0 Å². The predicted octanol–water partition coefficient (Wildman–Crippen LogP) is 2.99. The number of fused-ring (bicyclic) bond motifs is 1. The summed E-state index contributed by atoms with van der Waals surface area (Å²) in [6.07, 6.45) is 2.39. The van der Waals surface area contributed by atoms with Gasteiger partial charge in [-0.1, -0.05) is 38.1 Å². The minimum absolute atomic E-state index is 0.504. The average Bonchev–Trinajstić information content (AvgIpc) is 2.44. The fourth-order valence-electron chi connectivity index (χ4n) is 2.87. The summed E-state index contributed by atoms with van der Waals surface area (Å²) in [5.41, 5.74) is 3.03. The van der Waals surface area contributed by atoms with Crippen LogP contribution in [0.15, 0.2) is 24.3 Å². The first-order valence-electron chi connectivity index (χ1n) is 7.31. The Labute approximate surface area is 111 Å². The molecule has 0 bridgehead atoms. The predicted molar refractivity (Wildman–Crippen MR) is 77.9 cm³/mol. The lowest BCUT2D eigenvalue weighted by Gasteiger charge is -2.34. The molecular weight excluding hydrogens is 220 g/mol. The zero-order valence-electron chi connectivity index (χ0n) is 11.9. The van der Waals surface area contributed by atoms with Gasteiger partial charge < -0.3 is 5.32 Å². The largest absolute Gasteiger partial charge is 0.309 e. The smallest absolute Gasteiger partial charge is 0.0452 e. The topological polar surface area (TPSA) is 15.3 Å². The number of nitrogens with one attached hydrogen (secondary N) is 1. The van der Waals surface area contributed by atoms with E-state index in [1.807, 2.05) is 0 Å². The van der Waals surface area contributed by atoms with Crippen molar-refractivity contribution in [2.24, 2.45) is 0 Å². The molecule has 2 nitrogen and oxygen atoms in total. The Balaban J connectivity index is 2.10. The van der Waals surface area contributed by atoms with E-state index in [4.69, 9.17) is 0 Å². The molecule has 0 spiro atoms. The lowest BCUT2D eigenvalue weighted by atomic mass is 9.94. The van der Waals surface area contributed by atoms with Crippen molar-refractivity contribution in [3.8, 4) is 0 Å². The van der Waals surface area contributed by atoms with Gasteiger partial charge in [0.25, 0.3) is 0 Å². The molecule has 0 amide bonds. The molecule has 1 heterocycles.